The van der Waals surface area contributed by atoms with Crippen molar-refractivity contribution in [2.75, 3.05) is 14.1 Å². The summed E-state index contributed by atoms with van der Waals surface area (Å²) in [5.41, 5.74) is 1.53. The first kappa shape index (κ1) is 20.6. The summed E-state index contributed by atoms with van der Waals surface area (Å²) in [6, 6.07) is 7.30. The Bertz CT molecular complexity index is 634. The predicted octanol–water partition coefficient (Wildman–Crippen LogP) is 3.64. The van der Waals surface area contributed by atoms with Crippen LogP contribution in [0.1, 0.15) is 54.9 Å². The van der Waals surface area contributed by atoms with Gasteiger partial charge in [0.1, 0.15) is 0 Å². The van der Waals surface area contributed by atoms with E-state index in [2.05, 4.69) is 0 Å². The lowest BCUT2D eigenvalue weighted by Crippen LogP contribution is -2.20. The third kappa shape index (κ3) is 7.79. The maximum absolute atomic E-state index is 12.2. The molecule has 0 radical (unpaired) electrons. The van der Waals surface area contributed by atoms with E-state index in [-0.39, 0.29) is 18.1 Å². The summed E-state index contributed by atoms with van der Waals surface area (Å²) in [5, 5.41) is 8.87. The van der Waals surface area contributed by atoms with Crippen LogP contribution >= 0.6 is 0 Å². The molecule has 5 nitrogen and oxygen atoms in total. The second-order valence-electron chi connectivity index (χ2n) is 6.41. The van der Waals surface area contributed by atoms with Crippen LogP contribution in [0.4, 0.5) is 0 Å². The van der Waals surface area contributed by atoms with Crippen molar-refractivity contribution in [2.45, 2.75) is 39.0 Å². The molecule has 0 unspecified atom stereocenters. The van der Waals surface area contributed by atoms with E-state index in [1.807, 2.05) is 30.4 Å². The topological polar surface area (TPSA) is 74.7 Å². The Hall–Kier alpha value is -2.43. The molecule has 1 atom stereocenters. The van der Waals surface area contributed by atoms with Crippen LogP contribution in [0.3, 0.4) is 0 Å². The molecular formula is C20H27NO4. The number of carboxylic acids is 1. The van der Waals surface area contributed by atoms with Gasteiger partial charge in [-0.1, -0.05) is 37.3 Å². The van der Waals surface area contributed by atoms with Crippen LogP contribution in [0.25, 0.3) is 6.08 Å². The fourth-order valence-electron chi connectivity index (χ4n) is 2.25. The van der Waals surface area contributed by atoms with Gasteiger partial charge in [-0.25, -0.2) is 0 Å². The highest BCUT2D eigenvalue weighted by molar-refractivity contribution is 5.96. The van der Waals surface area contributed by atoms with Gasteiger partial charge in [-0.15, -0.1) is 0 Å². The van der Waals surface area contributed by atoms with E-state index in [1.165, 1.54) is 0 Å². The number of hydrogen-bond acceptors (Lipinski definition) is 3. The number of unbranched alkanes of at least 4 members (excludes halogenated alkanes) is 1. The molecule has 1 aromatic rings. The minimum Gasteiger partial charge on any atom is -0.481 e. The monoisotopic (exact) mass is 345 g/mol. The summed E-state index contributed by atoms with van der Waals surface area (Å²) in [6.07, 6.45) is 6.63. The van der Waals surface area contributed by atoms with Crippen molar-refractivity contribution in [3.63, 3.8) is 0 Å². The van der Waals surface area contributed by atoms with Gasteiger partial charge >= 0.3 is 5.97 Å². The average molecular weight is 345 g/mol. The molecule has 0 aromatic heterocycles. The molecule has 0 heterocycles. The maximum atomic E-state index is 12.2. The number of nitrogens with zero attached hydrogens (tertiary/aromatic N) is 1. The van der Waals surface area contributed by atoms with Crippen LogP contribution < -0.4 is 0 Å². The van der Waals surface area contributed by atoms with Crippen molar-refractivity contribution in [3.05, 3.63) is 41.5 Å². The SMILES string of the molecule is C[C@H](CCC(=O)c1cccc(/C=C\CCCC(=O)N(C)C)c1)C(=O)O. The summed E-state index contributed by atoms with van der Waals surface area (Å²) in [5.74, 6) is -1.31. The van der Waals surface area contributed by atoms with Crippen LogP contribution in [0.2, 0.25) is 0 Å². The second kappa shape index (κ2) is 10.4. The fraction of sp³-hybridized carbons (Fsp3) is 0.450. The van der Waals surface area contributed by atoms with E-state index in [1.54, 1.807) is 32.0 Å². The minimum atomic E-state index is -0.878. The van der Waals surface area contributed by atoms with Gasteiger partial charge in [0.15, 0.2) is 5.78 Å². The van der Waals surface area contributed by atoms with E-state index in [9.17, 15) is 14.4 Å². The predicted molar refractivity (Wildman–Crippen MR) is 98.4 cm³/mol. The Kier molecular flexibility index (Phi) is 8.61. The Morgan fingerprint density at radius 1 is 1.20 bits per heavy atom. The molecule has 5 heteroatoms. The van der Waals surface area contributed by atoms with E-state index in [4.69, 9.17) is 5.11 Å². The van der Waals surface area contributed by atoms with Gasteiger partial charge < -0.3 is 10.0 Å². The number of Topliss-reactive ketones (excluding diaryl/α,β-unsaturated/α-hetero) is 1. The number of ketones is 1. The molecule has 1 N–H and O–H groups in total. The summed E-state index contributed by atoms with van der Waals surface area (Å²) < 4.78 is 0. The van der Waals surface area contributed by atoms with Crippen molar-refractivity contribution in [2.24, 2.45) is 5.92 Å². The zero-order chi connectivity index (χ0) is 18.8. The Morgan fingerprint density at radius 3 is 2.56 bits per heavy atom. The molecule has 1 amide bonds. The molecule has 1 aromatic carbocycles. The summed E-state index contributed by atoms with van der Waals surface area (Å²) >= 11 is 0. The molecule has 0 saturated heterocycles. The zero-order valence-corrected chi connectivity index (χ0v) is 15.2. The highest BCUT2D eigenvalue weighted by Gasteiger charge is 2.14. The quantitative estimate of drug-likeness (QED) is 0.519. The number of allylic oxidation sites excluding steroid dienone is 1. The molecule has 0 fully saturated rings. The van der Waals surface area contributed by atoms with Gasteiger partial charge in [0.05, 0.1) is 5.92 Å². The van der Waals surface area contributed by atoms with E-state index < -0.39 is 11.9 Å². The lowest BCUT2D eigenvalue weighted by atomic mass is 9.99. The molecule has 0 bridgehead atoms. The fourth-order valence-corrected chi connectivity index (χ4v) is 2.25. The largest absolute Gasteiger partial charge is 0.481 e. The number of hydrogen-bond donors (Lipinski definition) is 1. The molecule has 0 aliphatic rings. The van der Waals surface area contributed by atoms with Crippen molar-refractivity contribution < 1.29 is 19.5 Å². The number of rotatable bonds is 10. The number of carboxylic acid groups (broad SMARTS) is 1. The first-order chi connectivity index (χ1) is 11.8. The highest BCUT2D eigenvalue weighted by Crippen LogP contribution is 2.14. The number of carbonyl (C=O) groups is 3. The van der Waals surface area contributed by atoms with Gasteiger partial charge in [-0.3, -0.25) is 14.4 Å². The van der Waals surface area contributed by atoms with Gasteiger partial charge in [0.2, 0.25) is 5.91 Å². The summed E-state index contributed by atoms with van der Waals surface area (Å²) in [7, 11) is 3.50. The minimum absolute atomic E-state index is 0.0417. The van der Waals surface area contributed by atoms with E-state index in [0.29, 0.717) is 18.4 Å². The van der Waals surface area contributed by atoms with Crippen LogP contribution in [0.15, 0.2) is 30.3 Å². The Labute approximate surface area is 149 Å². The van der Waals surface area contributed by atoms with Crippen LogP contribution in [-0.2, 0) is 9.59 Å². The van der Waals surface area contributed by atoms with Crippen LogP contribution in [0.5, 0.6) is 0 Å². The standard InChI is InChI=1S/C20H27NO4/c1-15(20(24)25)12-13-18(22)17-10-7-9-16(14-17)8-5-4-6-11-19(23)21(2)3/h5,7-10,14-15H,4,6,11-13H2,1-3H3,(H,24,25)/b8-5-/t15-/m1/s1. The lowest BCUT2D eigenvalue weighted by Gasteiger charge is -2.08. The van der Waals surface area contributed by atoms with E-state index in [0.717, 1.165) is 18.4 Å². The number of carbonyl (C=O) groups excluding carboxylic acids is 2. The smallest absolute Gasteiger partial charge is 0.306 e. The second-order valence-corrected chi connectivity index (χ2v) is 6.41. The number of amides is 1. The molecule has 0 saturated carbocycles. The Balaban J connectivity index is 2.51. The van der Waals surface area contributed by atoms with Gasteiger partial charge in [0.25, 0.3) is 0 Å². The summed E-state index contributed by atoms with van der Waals surface area (Å²) in [4.78, 5) is 36.1. The molecule has 0 spiro atoms. The maximum Gasteiger partial charge on any atom is 0.306 e. The van der Waals surface area contributed by atoms with Crippen molar-refractivity contribution in [3.8, 4) is 0 Å². The van der Waals surface area contributed by atoms with Crippen LogP contribution in [-0.4, -0.2) is 41.8 Å². The van der Waals surface area contributed by atoms with Gasteiger partial charge in [-0.2, -0.15) is 0 Å². The zero-order valence-electron chi connectivity index (χ0n) is 15.2. The van der Waals surface area contributed by atoms with Crippen molar-refractivity contribution >= 4 is 23.7 Å². The normalized spacial score (nSPS) is 12.1. The number of benzene rings is 1. The van der Waals surface area contributed by atoms with Crippen molar-refractivity contribution in [1.29, 1.82) is 0 Å². The molecule has 1 rings (SSSR count). The Morgan fingerprint density at radius 2 is 1.92 bits per heavy atom. The van der Waals surface area contributed by atoms with Crippen LogP contribution in [0, 0.1) is 5.92 Å². The third-order valence-corrected chi connectivity index (χ3v) is 4.01. The first-order valence-electron chi connectivity index (χ1n) is 8.54. The lowest BCUT2D eigenvalue weighted by molar-refractivity contribution is -0.141. The van der Waals surface area contributed by atoms with Gasteiger partial charge in [0, 0.05) is 32.5 Å². The third-order valence-electron chi connectivity index (χ3n) is 4.01. The molecule has 0 aliphatic heterocycles. The van der Waals surface area contributed by atoms with Gasteiger partial charge in [-0.05, 0) is 30.9 Å². The van der Waals surface area contributed by atoms with E-state index >= 15 is 0 Å². The number of aliphatic carboxylic acids is 1. The molecular weight excluding hydrogens is 318 g/mol. The molecule has 136 valence electrons. The van der Waals surface area contributed by atoms with Crippen molar-refractivity contribution in [1.82, 2.24) is 4.90 Å². The highest BCUT2D eigenvalue weighted by atomic mass is 16.4. The molecule has 0 aliphatic carbocycles. The molecule has 25 heavy (non-hydrogen) atoms. The summed E-state index contributed by atoms with van der Waals surface area (Å²) in [6.45, 7) is 1.61. The first-order valence-corrected chi connectivity index (χ1v) is 8.54. The average Bonchev–Trinajstić information content (AvgIpc) is 2.58.